The maximum Gasteiger partial charge on any atom is 0.230 e. The van der Waals surface area contributed by atoms with E-state index in [4.69, 9.17) is 16.7 Å². The first-order chi connectivity index (χ1) is 10.2. The summed E-state index contributed by atoms with van der Waals surface area (Å²) < 4.78 is 0. The SMILES string of the molecule is O=C(CSc1ccc(CO)cc1)NCc1ccc(Cl)cc1. The van der Waals surface area contributed by atoms with Crippen molar-refractivity contribution < 1.29 is 9.90 Å². The molecule has 0 atom stereocenters. The van der Waals surface area contributed by atoms with Gasteiger partial charge in [-0.05, 0) is 35.4 Å². The molecule has 2 aromatic rings. The second-order valence-corrected chi connectivity index (χ2v) is 5.98. The Balaban J connectivity index is 1.75. The highest BCUT2D eigenvalue weighted by atomic mass is 35.5. The molecule has 0 bridgehead atoms. The van der Waals surface area contributed by atoms with Crippen molar-refractivity contribution in [2.24, 2.45) is 0 Å². The molecule has 0 aliphatic heterocycles. The van der Waals surface area contributed by atoms with Crippen molar-refractivity contribution >= 4 is 29.3 Å². The molecule has 2 aromatic carbocycles. The molecule has 3 nitrogen and oxygen atoms in total. The fourth-order valence-corrected chi connectivity index (χ4v) is 2.55. The molecular formula is C16H16ClNO2S. The molecule has 5 heteroatoms. The predicted molar refractivity (Wildman–Crippen MR) is 86.4 cm³/mol. The Bertz CT molecular complexity index is 584. The molecule has 0 aromatic heterocycles. The van der Waals surface area contributed by atoms with Gasteiger partial charge in [-0.1, -0.05) is 35.9 Å². The average Bonchev–Trinajstić information content (AvgIpc) is 2.53. The summed E-state index contributed by atoms with van der Waals surface area (Å²) in [6.07, 6.45) is 0. The summed E-state index contributed by atoms with van der Waals surface area (Å²) in [5, 5.41) is 12.5. The van der Waals surface area contributed by atoms with E-state index in [0.29, 0.717) is 17.3 Å². The van der Waals surface area contributed by atoms with Crippen LogP contribution in [0.15, 0.2) is 53.4 Å². The van der Waals surface area contributed by atoms with Crippen LogP contribution in [0, 0.1) is 0 Å². The molecule has 2 N–H and O–H groups in total. The zero-order valence-electron chi connectivity index (χ0n) is 11.4. The quantitative estimate of drug-likeness (QED) is 0.803. The maximum atomic E-state index is 11.8. The van der Waals surface area contributed by atoms with Gasteiger partial charge < -0.3 is 10.4 Å². The number of thioether (sulfide) groups is 1. The van der Waals surface area contributed by atoms with E-state index in [1.54, 1.807) is 12.1 Å². The first kappa shape index (κ1) is 15.9. The molecule has 0 radical (unpaired) electrons. The molecule has 2 rings (SSSR count). The summed E-state index contributed by atoms with van der Waals surface area (Å²) in [5.41, 5.74) is 1.89. The van der Waals surface area contributed by atoms with Crippen LogP contribution in [0.5, 0.6) is 0 Å². The fraction of sp³-hybridized carbons (Fsp3) is 0.188. The van der Waals surface area contributed by atoms with E-state index < -0.39 is 0 Å². The van der Waals surface area contributed by atoms with E-state index in [9.17, 15) is 4.79 Å². The van der Waals surface area contributed by atoms with Gasteiger partial charge in [0.25, 0.3) is 0 Å². The summed E-state index contributed by atoms with van der Waals surface area (Å²) in [6, 6.07) is 14.9. The van der Waals surface area contributed by atoms with Gasteiger partial charge in [0, 0.05) is 16.5 Å². The highest BCUT2D eigenvalue weighted by Gasteiger charge is 2.03. The summed E-state index contributed by atoms with van der Waals surface area (Å²) in [5.74, 6) is 0.354. The molecule has 0 aliphatic carbocycles. The van der Waals surface area contributed by atoms with Gasteiger partial charge in [0.2, 0.25) is 5.91 Å². The molecule has 0 fully saturated rings. The lowest BCUT2D eigenvalue weighted by Gasteiger charge is -2.06. The largest absolute Gasteiger partial charge is 0.392 e. The molecule has 110 valence electrons. The van der Waals surface area contributed by atoms with Crippen molar-refractivity contribution in [2.45, 2.75) is 18.0 Å². The predicted octanol–water partition coefficient (Wildman–Crippen LogP) is 3.24. The normalized spacial score (nSPS) is 10.4. The highest BCUT2D eigenvalue weighted by molar-refractivity contribution is 8.00. The summed E-state index contributed by atoms with van der Waals surface area (Å²) >= 11 is 7.28. The summed E-state index contributed by atoms with van der Waals surface area (Å²) in [6.45, 7) is 0.534. The number of carbonyl (C=O) groups is 1. The van der Waals surface area contributed by atoms with Gasteiger partial charge in [-0.3, -0.25) is 4.79 Å². The van der Waals surface area contributed by atoms with Crippen LogP contribution in [0.25, 0.3) is 0 Å². The summed E-state index contributed by atoms with van der Waals surface area (Å²) in [7, 11) is 0. The molecule has 21 heavy (non-hydrogen) atoms. The second-order valence-electron chi connectivity index (χ2n) is 4.49. The van der Waals surface area contributed by atoms with E-state index in [1.807, 2.05) is 36.4 Å². The molecule has 1 amide bonds. The number of amides is 1. The lowest BCUT2D eigenvalue weighted by Crippen LogP contribution is -2.24. The third-order valence-corrected chi connectivity index (χ3v) is 4.14. The maximum absolute atomic E-state index is 11.8. The number of aliphatic hydroxyl groups is 1. The molecule has 0 saturated heterocycles. The van der Waals surface area contributed by atoms with Gasteiger partial charge in [-0.25, -0.2) is 0 Å². The first-order valence-electron chi connectivity index (χ1n) is 6.51. The molecule has 0 aliphatic rings. The zero-order valence-corrected chi connectivity index (χ0v) is 13.0. The Morgan fingerprint density at radius 1 is 1.05 bits per heavy atom. The van der Waals surface area contributed by atoms with Crippen molar-refractivity contribution in [1.29, 1.82) is 0 Å². The number of nitrogens with one attached hydrogen (secondary N) is 1. The van der Waals surface area contributed by atoms with Crippen molar-refractivity contribution in [3.8, 4) is 0 Å². The van der Waals surface area contributed by atoms with E-state index in [0.717, 1.165) is 16.0 Å². The Morgan fingerprint density at radius 2 is 1.67 bits per heavy atom. The van der Waals surface area contributed by atoms with Gasteiger partial charge in [-0.15, -0.1) is 11.8 Å². The van der Waals surface area contributed by atoms with E-state index in [2.05, 4.69) is 5.32 Å². The van der Waals surface area contributed by atoms with Crippen LogP contribution < -0.4 is 5.32 Å². The van der Waals surface area contributed by atoms with Crippen LogP contribution in [0.1, 0.15) is 11.1 Å². The lowest BCUT2D eigenvalue weighted by molar-refractivity contribution is -0.118. The van der Waals surface area contributed by atoms with Crippen molar-refractivity contribution in [2.75, 3.05) is 5.75 Å². The minimum atomic E-state index is -0.0128. The highest BCUT2D eigenvalue weighted by Crippen LogP contribution is 2.18. The van der Waals surface area contributed by atoms with E-state index in [-0.39, 0.29) is 12.5 Å². The van der Waals surface area contributed by atoms with Crippen molar-refractivity contribution in [3.63, 3.8) is 0 Å². The Hall–Kier alpha value is -1.49. The van der Waals surface area contributed by atoms with E-state index >= 15 is 0 Å². The number of aliphatic hydroxyl groups excluding tert-OH is 1. The monoisotopic (exact) mass is 321 g/mol. The summed E-state index contributed by atoms with van der Waals surface area (Å²) in [4.78, 5) is 12.8. The molecule has 0 heterocycles. The fourth-order valence-electron chi connectivity index (χ4n) is 1.69. The van der Waals surface area contributed by atoms with Gasteiger partial charge in [0.05, 0.1) is 12.4 Å². The molecular weight excluding hydrogens is 306 g/mol. The number of halogens is 1. The topological polar surface area (TPSA) is 49.3 Å². The Kier molecular flexibility index (Phi) is 6.11. The van der Waals surface area contributed by atoms with Crippen LogP contribution in [0.4, 0.5) is 0 Å². The second kappa shape index (κ2) is 8.08. The molecule has 0 saturated carbocycles. The Labute approximate surface area is 133 Å². The van der Waals surface area contributed by atoms with Crippen LogP contribution in [-0.2, 0) is 17.9 Å². The van der Waals surface area contributed by atoms with Gasteiger partial charge in [-0.2, -0.15) is 0 Å². The van der Waals surface area contributed by atoms with Crippen LogP contribution in [0.2, 0.25) is 5.02 Å². The number of hydrogen-bond acceptors (Lipinski definition) is 3. The van der Waals surface area contributed by atoms with E-state index in [1.165, 1.54) is 11.8 Å². The third-order valence-electron chi connectivity index (χ3n) is 2.88. The van der Waals surface area contributed by atoms with Crippen LogP contribution in [0.3, 0.4) is 0 Å². The van der Waals surface area contributed by atoms with Gasteiger partial charge >= 0.3 is 0 Å². The van der Waals surface area contributed by atoms with Crippen LogP contribution >= 0.6 is 23.4 Å². The van der Waals surface area contributed by atoms with Gasteiger partial charge in [0.1, 0.15) is 0 Å². The minimum absolute atomic E-state index is 0.0128. The standard InChI is InChI=1S/C16H16ClNO2S/c17-14-5-1-12(2-6-14)9-18-16(20)11-21-15-7-3-13(10-19)4-8-15/h1-8,19H,9-11H2,(H,18,20). The van der Waals surface area contributed by atoms with Crippen LogP contribution in [-0.4, -0.2) is 16.8 Å². The number of rotatable bonds is 6. The zero-order chi connectivity index (χ0) is 15.1. The molecule has 0 unspecified atom stereocenters. The smallest absolute Gasteiger partial charge is 0.230 e. The molecule has 0 spiro atoms. The third kappa shape index (κ3) is 5.42. The number of benzene rings is 2. The van der Waals surface area contributed by atoms with Gasteiger partial charge in [0.15, 0.2) is 0 Å². The average molecular weight is 322 g/mol. The van der Waals surface area contributed by atoms with Crippen molar-refractivity contribution in [3.05, 3.63) is 64.7 Å². The number of carbonyl (C=O) groups excluding carboxylic acids is 1. The van der Waals surface area contributed by atoms with Crippen molar-refractivity contribution in [1.82, 2.24) is 5.32 Å². The lowest BCUT2D eigenvalue weighted by atomic mass is 10.2. The Morgan fingerprint density at radius 3 is 2.29 bits per heavy atom. The minimum Gasteiger partial charge on any atom is -0.392 e. The number of hydrogen-bond donors (Lipinski definition) is 2. The first-order valence-corrected chi connectivity index (χ1v) is 7.87.